The molecule has 2 aromatic carbocycles. The van der Waals surface area contributed by atoms with Gasteiger partial charge in [-0.2, -0.15) is 0 Å². The molecule has 0 bridgehead atoms. The van der Waals surface area contributed by atoms with Gasteiger partial charge in [-0.05, 0) is 65.4 Å². The van der Waals surface area contributed by atoms with Crippen LogP contribution in [0.1, 0.15) is 21.5 Å². The molecule has 3 nitrogen and oxygen atoms in total. The van der Waals surface area contributed by atoms with Gasteiger partial charge in [0.05, 0.1) is 5.56 Å². The highest BCUT2D eigenvalue weighted by molar-refractivity contribution is 14.1. The summed E-state index contributed by atoms with van der Waals surface area (Å²) in [6, 6.07) is 13.1. The van der Waals surface area contributed by atoms with Gasteiger partial charge < -0.3 is 10.6 Å². The van der Waals surface area contributed by atoms with E-state index in [1.54, 1.807) is 11.9 Å². The van der Waals surface area contributed by atoms with Crippen molar-refractivity contribution < 1.29 is 4.79 Å². The molecule has 0 aromatic heterocycles. The second kappa shape index (κ2) is 6.53. The zero-order valence-electron chi connectivity index (χ0n) is 11.8. The maximum absolute atomic E-state index is 12.6. The molecular formula is C16H15IN2OS. The summed E-state index contributed by atoms with van der Waals surface area (Å²) in [6.07, 6.45) is 0. The number of rotatable bonds is 3. The van der Waals surface area contributed by atoms with Crippen molar-refractivity contribution in [2.24, 2.45) is 5.73 Å². The molecule has 0 heterocycles. The minimum Gasteiger partial charge on any atom is -0.389 e. The maximum Gasteiger partial charge on any atom is 0.259 e. The summed E-state index contributed by atoms with van der Waals surface area (Å²) in [5.41, 5.74) is 8.97. The van der Waals surface area contributed by atoms with Crippen molar-refractivity contribution in [1.82, 2.24) is 0 Å². The average Bonchev–Trinajstić information content (AvgIpc) is 2.48. The quantitative estimate of drug-likeness (QED) is 0.623. The second-order valence-electron chi connectivity index (χ2n) is 4.71. The minimum atomic E-state index is -0.0359. The van der Waals surface area contributed by atoms with E-state index < -0.39 is 0 Å². The van der Waals surface area contributed by atoms with E-state index in [2.05, 4.69) is 22.6 Å². The first kappa shape index (κ1) is 15.9. The Hall–Kier alpha value is -1.47. The number of nitrogens with two attached hydrogens (primary N) is 1. The molecule has 0 unspecified atom stereocenters. The van der Waals surface area contributed by atoms with E-state index in [1.165, 1.54) is 0 Å². The molecule has 0 aliphatic heterocycles. The molecule has 21 heavy (non-hydrogen) atoms. The molecule has 0 aliphatic rings. The van der Waals surface area contributed by atoms with Gasteiger partial charge in [-0.25, -0.2) is 0 Å². The van der Waals surface area contributed by atoms with Crippen LogP contribution in [0.25, 0.3) is 0 Å². The van der Waals surface area contributed by atoms with E-state index in [-0.39, 0.29) is 5.91 Å². The van der Waals surface area contributed by atoms with Gasteiger partial charge in [0.25, 0.3) is 5.91 Å². The summed E-state index contributed by atoms with van der Waals surface area (Å²) in [6.45, 7) is 2.00. The predicted molar refractivity (Wildman–Crippen MR) is 99.0 cm³/mol. The number of nitrogens with zero attached hydrogens (tertiary/aromatic N) is 1. The Balaban J connectivity index is 2.30. The van der Waals surface area contributed by atoms with Gasteiger partial charge in [-0.3, -0.25) is 4.79 Å². The average molecular weight is 410 g/mol. The summed E-state index contributed by atoms with van der Waals surface area (Å²) in [4.78, 5) is 14.6. The zero-order valence-corrected chi connectivity index (χ0v) is 14.7. The minimum absolute atomic E-state index is 0.0359. The van der Waals surface area contributed by atoms with Crippen molar-refractivity contribution in [2.75, 3.05) is 11.9 Å². The summed E-state index contributed by atoms with van der Waals surface area (Å²) in [5, 5.41) is 0. The molecule has 2 rings (SSSR count). The van der Waals surface area contributed by atoms with Crippen molar-refractivity contribution >= 4 is 51.4 Å². The lowest BCUT2D eigenvalue weighted by atomic mass is 10.1. The number of thiocarbonyl (C=S) groups is 1. The molecule has 1 amide bonds. The Kier molecular flexibility index (Phi) is 4.95. The molecule has 2 N–H and O–H groups in total. The van der Waals surface area contributed by atoms with Gasteiger partial charge in [-0.1, -0.05) is 24.4 Å². The van der Waals surface area contributed by atoms with Crippen LogP contribution >= 0.6 is 34.8 Å². The van der Waals surface area contributed by atoms with Gasteiger partial charge >= 0.3 is 0 Å². The predicted octanol–water partition coefficient (Wildman–Crippen LogP) is 3.51. The van der Waals surface area contributed by atoms with E-state index in [1.807, 2.05) is 49.4 Å². The Labute approximate surface area is 143 Å². The monoisotopic (exact) mass is 410 g/mol. The number of carbonyl (C=O) groups is 1. The SMILES string of the molecule is Cc1cccc(C(=O)N(C)c2ccc(C(N)=S)cc2)c1I. The van der Waals surface area contributed by atoms with Gasteiger partial charge in [0.1, 0.15) is 4.99 Å². The van der Waals surface area contributed by atoms with Crippen molar-refractivity contribution in [3.05, 3.63) is 62.7 Å². The number of hydrogen-bond donors (Lipinski definition) is 1. The van der Waals surface area contributed by atoms with Gasteiger partial charge in [0.15, 0.2) is 0 Å². The second-order valence-corrected chi connectivity index (χ2v) is 6.23. The van der Waals surface area contributed by atoms with E-state index >= 15 is 0 Å². The number of benzene rings is 2. The van der Waals surface area contributed by atoms with Crippen LogP contribution < -0.4 is 10.6 Å². The van der Waals surface area contributed by atoms with E-state index in [4.69, 9.17) is 18.0 Å². The van der Waals surface area contributed by atoms with Crippen LogP contribution in [0.4, 0.5) is 5.69 Å². The summed E-state index contributed by atoms with van der Waals surface area (Å²) < 4.78 is 0.978. The van der Waals surface area contributed by atoms with Crippen molar-refractivity contribution in [2.45, 2.75) is 6.92 Å². The lowest BCUT2D eigenvalue weighted by Crippen LogP contribution is -2.27. The molecule has 0 spiro atoms. The maximum atomic E-state index is 12.6. The van der Waals surface area contributed by atoms with E-state index in [9.17, 15) is 4.79 Å². The van der Waals surface area contributed by atoms with Crippen LogP contribution in [0, 0.1) is 10.5 Å². The Morgan fingerprint density at radius 3 is 2.38 bits per heavy atom. The van der Waals surface area contributed by atoms with Crippen LogP contribution in [0.3, 0.4) is 0 Å². The largest absolute Gasteiger partial charge is 0.389 e. The number of anilines is 1. The molecule has 0 aliphatic carbocycles. The molecule has 0 saturated heterocycles. The number of carbonyl (C=O) groups excluding carboxylic acids is 1. The molecule has 0 fully saturated rings. The van der Waals surface area contributed by atoms with E-state index in [0.29, 0.717) is 10.6 Å². The topological polar surface area (TPSA) is 46.3 Å². The Morgan fingerprint density at radius 1 is 1.19 bits per heavy atom. The highest BCUT2D eigenvalue weighted by Gasteiger charge is 2.17. The number of halogens is 1. The van der Waals surface area contributed by atoms with Crippen molar-refractivity contribution in [3.63, 3.8) is 0 Å². The molecule has 108 valence electrons. The smallest absolute Gasteiger partial charge is 0.259 e. The molecule has 5 heteroatoms. The Bertz CT molecular complexity index is 698. The molecule has 0 radical (unpaired) electrons. The third kappa shape index (κ3) is 3.41. The zero-order chi connectivity index (χ0) is 15.6. The summed E-state index contributed by atoms with van der Waals surface area (Å²) in [5.74, 6) is -0.0359. The van der Waals surface area contributed by atoms with Gasteiger partial charge in [0.2, 0.25) is 0 Å². The van der Waals surface area contributed by atoms with E-state index in [0.717, 1.165) is 20.4 Å². The third-order valence-electron chi connectivity index (χ3n) is 3.27. The van der Waals surface area contributed by atoms with Crippen LogP contribution in [0.5, 0.6) is 0 Å². The van der Waals surface area contributed by atoms with Crippen molar-refractivity contribution in [3.8, 4) is 0 Å². The summed E-state index contributed by atoms with van der Waals surface area (Å²) >= 11 is 7.13. The highest BCUT2D eigenvalue weighted by Crippen LogP contribution is 2.21. The van der Waals surface area contributed by atoms with Crippen molar-refractivity contribution in [1.29, 1.82) is 0 Å². The van der Waals surface area contributed by atoms with Gasteiger partial charge in [-0.15, -0.1) is 0 Å². The fourth-order valence-corrected chi connectivity index (χ4v) is 2.69. The normalized spacial score (nSPS) is 10.2. The van der Waals surface area contributed by atoms with Crippen LogP contribution in [-0.4, -0.2) is 17.9 Å². The van der Waals surface area contributed by atoms with Crippen LogP contribution in [0.2, 0.25) is 0 Å². The number of amides is 1. The first-order chi connectivity index (χ1) is 9.91. The highest BCUT2D eigenvalue weighted by atomic mass is 127. The third-order valence-corrected chi connectivity index (χ3v) is 4.93. The number of aryl methyl sites for hydroxylation is 1. The van der Waals surface area contributed by atoms with Crippen LogP contribution in [0.15, 0.2) is 42.5 Å². The summed E-state index contributed by atoms with van der Waals surface area (Å²) in [7, 11) is 1.76. The molecular weight excluding hydrogens is 395 g/mol. The molecule has 0 saturated carbocycles. The molecule has 0 atom stereocenters. The van der Waals surface area contributed by atoms with Crippen LogP contribution in [-0.2, 0) is 0 Å². The standard InChI is InChI=1S/C16H15IN2OS/c1-10-4-3-5-13(14(10)17)16(20)19(2)12-8-6-11(7-9-12)15(18)21/h3-9H,1-2H3,(H2,18,21). The molecule has 2 aromatic rings. The number of hydrogen-bond acceptors (Lipinski definition) is 2. The fraction of sp³-hybridized carbons (Fsp3) is 0.125. The Morgan fingerprint density at radius 2 is 1.81 bits per heavy atom. The lowest BCUT2D eigenvalue weighted by Gasteiger charge is -2.19. The first-order valence-corrected chi connectivity index (χ1v) is 7.83. The lowest BCUT2D eigenvalue weighted by molar-refractivity contribution is 0.0992. The van der Waals surface area contributed by atoms with Gasteiger partial charge in [0, 0.05) is 21.9 Å². The fourth-order valence-electron chi connectivity index (χ4n) is 1.96. The first-order valence-electron chi connectivity index (χ1n) is 6.35.